The molecule has 20 heavy (non-hydrogen) atoms. The van der Waals surface area contributed by atoms with Gasteiger partial charge < -0.3 is 4.89 Å². The summed E-state index contributed by atoms with van der Waals surface area (Å²) >= 11 is 0. The Balaban J connectivity index is 1.86. The molecule has 2 aliphatic rings. The normalized spacial score (nSPS) is 34.2. The lowest BCUT2D eigenvalue weighted by Crippen LogP contribution is -2.43. The van der Waals surface area contributed by atoms with Gasteiger partial charge in [0.15, 0.2) is 0 Å². The zero-order valence-corrected chi connectivity index (χ0v) is 13.0. The molecule has 2 aliphatic heterocycles. The summed E-state index contributed by atoms with van der Waals surface area (Å²) in [6.45, 7) is 6.26. The monoisotopic (exact) mass is 295 g/mol. The van der Waals surface area contributed by atoms with Gasteiger partial charge in [0.05, 0.1) is 0 Å². The highest BCUT2D eigenvalue weighted by atomic mass is 31.2. The second kappa shape index (κ2) is 5.36. The van der Waals surface area contributed by atoms with Crippen LogP contribution in [-0.4, -0.2) is 24.4 Å². The lowest BCUT2D eigenvalue weighted by atomic mass is 9.83. The third kappa shape index (κ3) is 2.63. The van der Waals surface area contributed by atoms with Crippen LogP contribution in [0.1, 0.15) is 38.4 Å². The molecule has 2 fully saturated rings. The standard InChI is InChI=1S/C15H22NO3P/c1-15(2)12-18-20(17,16-10-6-7-11-16)19-14(15)13-8-4-3-5-9-13/h3-5,8-9,14H,6-7,10-12H2,1-2H3. The number of benzene rings is 1. The van der Waals surface area contributed by atoms with Crippen LogP contribution in [0.15, 0.2) is 30.3 Å². The maximum Gasteiger partial charge on any atom is 0.315 e. The van der Waals surface area contributed by atoms with Crippen molar-refractivity contribution in [1.29, 1.82) is 0 Å². The molecule has 1 aromatic carbocycles. The highest BCUT2D eigenvalue weighted by Crippen LogP contribution is 2.66. The predicted octanol–water partition coefficient (Wildman–Crippen LogP) is 2.93. The van der Waals surface area contributed by atoms with Gasteiger partial charge in [-0.15, -0.1) is 4.67 Å². The fourth-order valence-electron chi connectivity index (χ4n) is 2.86. The molecule has 0 N–H and O–H groups in total. The molecule has 0 saturated carbocycles. The Morgan fingerprint density at radius 1 is 1.20 bits per heavy atom. The molecule has 2 saturated heterocycles. The molecule has 0 aliphatic carbocycles. The van der Waals surface area contributed by atoms with Crippen LogP contribution < -0.4 is 4.89 Å². The minimum atomic E-state index is -3.13. The Morgan fingerprint density at radius 2 is 1.85 bits per heavy atom. The SMILES string of the molecule is CC1(C)CO[P+]([O-])(N2CCCC2)OC1c1ccccc1. The van der Waals surface area contributed by atoms with E-state index in [1.54, 1.807) is 0 Å². The second-order valence-electron chi connectivity index (χ2n) is 6.29. The van der Waals surface area contributed by atoms with E-state index < -0.39 is 8.09 Å². The van der Waals surface area contributed by atoms with E-state index in [1.807, 2.05) is 35.0 Å². The van der Waals surface area contributed by atoms with E-state index in [0.717, 1.165) is 31.5 Å². The van der Waals surface area contributed by atoms with Crippen molar-refractivity contribution in [3.05, 3.63) is 35.9 Å². The van der Waals surface area contributed by atoms with E-state index in [-0.39, 0.29) is 11.5 Å². The summed E-state index contributed by atoms with van der Waals surface area (Å²) in [6.07, 6.45) is 1.94. The van der Waals surface area contributed by atoms with Crippen LogP contribution in [0.2, 0.25) is 0 Å². The molecule has 0 amide bonds. The number of hydrogen-bond acceptors (Lipinski definition) is 4. The summed E-state index contributed by atoms with van der Waals surface area (Å²) in [5, 5.41) is 0. The number of hydrogen-bond donors (Lipinski definition) is 0. The Labute approximate surface area is 121 Å². The first-order valence-electron chi connectivity index (χ1n) is 7.25. The van der Waals surface area contributed by atoms with Gasteiger partial charge in [-0.1, -0.05) is 44.2 Å². The van der Waals surface area contributed by atoms with Crippen molar-refractivity contribution in [3.8, 4) is 0 Å². The van der Waals surface area contributed by atoms with E-state index in [4.69, 9.17) is 9.05 Å². The molecule has 5 heteroatoms. The molecular formula is C15H22NO3P. The fourth-order valence-corrected chi connectivity index (χ4v) is 5.16. The Hall–Kier alpha value is -0.510. The number of rotatable bonds is 2. The van der Waals surface area contributed by atoms with Gasteiger partial charge in [-0.3, -0.25) is 0 Å². The number of nitrogens with zero attached hydrogens (tertiary/aromatic N) is 1. The van der Waals surface area contributed by atoms with Crippen LogP contribution in [-0.2, 0) is 9.05 Å². The first-order chi connectivity index (χ1) is 9.51. The topological polar surface area (TPSA) is 44.8 Å². The lowest BCUT2D eigenvalue weighted by Gasteiger charge is -2.45. The Morgan fingerprint density at radius 3 is 2.50 bits per heavy atom. The molecule has 3 rings (SSSR count). The average Bonchev–Trinajstić information content (AvgIpc) is 2.98. The van der Waals surface area contributed by atoms with E-state index >= 15 is 0 Å². The minimum Gasteiger partial charge on any atom is -0.616 e. The summed E-state index contributed by atoms with van der Waals surface area (Å²) in [4.78, 5) is 13.0. The molecule has 1 aromatic rings. The smallest absolute Gasteiger partial charge is 0.315 e. The van der Waals surface area contributed by atoms with Crippen molar-refractivity contribution < 1.29 is 13.9 Å². The largest absolute Gasteiger partial charge is 0.616 e. The zero-order valence-electron chi connectivity index (χ0n) is 12.1. The molecule has 2 atom stereocenters. The van der Waals surface area contributed by atoms with Crippen molar-refractivity contribution in [2.45, 2.75) is 32.8 Å². The van der Waals surface area contributed by atoms with Gasteiger partial charge in [0.1, 0.15) is 12.7 Å². The molecule has 0 spiro atoms. The minimum absolute atomic E-state index is 0.186. The van der Waals surface area contributed by atoms with Crippen molar-refractivity contribution in [2.24, 2.45) is 5.41 Å². The molecule has 0 radical (unpaired) electrons. The Kier molecular flexibility index (Phi) is 3.87. The molecular weight excluding hydrogens is 273 g/mol. The van der Waals surface area contributed by atoms with Gasteiger partial charge in [-0.2, -0.15) is 9.05 Å². The van der Waals surface area contributed by atoms with Gasteiger partial charge in [-0.25, -0.2) is 0 Å². The first-order valence-corrected chi connectivity index (χ1v) is 8.74. The van der Waals surface area contributed by atoms with Crippen LogP contribution in [0.4, 0.5) is 0 Å². The van der Waals surface area contributed by atoms with Gasteiger partial charge in [0.25, 0.3) is 0 Å². The van der Waals surface area contributed by atoms with E-state index in [1.165, 1.54) is 0 Å². The zero-order chi connectivity index (χ0) is 14.2. The van der Waals surface area contributed by atoms with Crippen molar-refractivity contribution in [1.82, 2.24) is 4.67 Å². The summed E-state index contributed by atoms with van der Waals surface area (Å²) in [6, 6.07) is 10.0. The second-order valence-corrected chi connectivity index (χ2v) is 8.26. The van der Waals surface area contributed by atoms with Crippen LogP contribution in [0, 0.1) is 5.41 Å². The maximum atomic E-state index is 13.0. The van der Waals surface area contributed by atoms with Gasteiger partial charge in [0, 0.05) is 18.5 Å². The van der Waals surface area contributed by atoms with Crippen LogP contribution in [0.3, 0.4) is 0 Å². The molecule has 4 nitrogen and oxygen atoms in total. The molecule has 0 aromatic heterocycles. The van der Waals surface area contributed by atoms with Crippen molar-refractivity contribution >= 4 is 8.09 Å². The van der Waals surface area contributed by atoms with Crippen molar-refractivity contribution in [3.63, 3.8) is 0 Å². The van der Waals surface area contributed by atoms with Crippen LogP contribution >= 0.6 is 8.09 Å². The van der Waals surface area contributed by atoms with Gasteiger partial charge in [0.2, 0.25) is 0 Å². The van der Waals surface area contributed by atoms with Gasteiger partial charge >= 0.3 is 8.09 Å². The molecule has 2 unspecified atom stereocenters. The van der Waals surface area contributed by atoms with E-state index in [9.17, 15) is 4.89 Å². The summed E-state index contributed by atoms with van der Waals surface area (Å²) in [7, 11) is -3.13. The van der Waals surface area contributed by atoms with E-state index in [0.29, 0.717) is 6.61 Å². The third-order valence-electron chi connectivity index (χ3n) is 4.08. The van der Waals surface area contributed by atoms with Crippen LogP contribution in [0.25, 0.3) is 0 Å². The summed E-state index contributed by atoms with van der Waals surface area (Å²) in [5.41, 5.74) is 0.884. The first kappa shape index (κ1) is 14.4. The molecule has 110 valence electrons. The van der Waals surface area contributed by atoms with Crippen molar-refractivity contribution in [2.75, 3.05) is 19.7 Å². The average molecular weight is 295 g/mol. The lowest BCUT2D eigenvalue weighted by molar-refractivity contribution is -0.259. The van der Waals surface area contributed by atoms with Gasteiger partial charge in [-0.05, 0) is 18.4 Å². The molecule has 2 heterocycles. The quantitative estimate of drug-likeness (QED) is 0.787. The molecule has 0 bridgehead atoms. The highest BCUT2D eigenvalue weighted by molar-refractivity contribution is 7.56. The van der Waals surface area contributed by atoms with Crippen LogP contribution in [0.5, 0.6) is 0 Å². The Bertz CT molecular complexity index is 461. The predicted molar refractivity (Wildman–Crippen MR) is 77.7 cm³/mol. The highest BCUT2D eigenvalue weighted by Gasteiger charge is 2.53. The summed E-state index contributed by atoms with van der Waals surface area (Å²) in [5.74, 6) is 0. The fraction of sp³-hybridized carbons (Fsp3) is 0.600. The summed E-state index contributed by atoms with van der Waals surface area (Å²) < 4.78 is 13.6. The van der Waals surface area contributed by atoms with E-state index in [2.05, 4.69) is 13.8 Å². The maximum absolute atomic E-state index is 13.0. The third-order valence-corrected chi connectivity index (χ3v) is 6.10.